The van der Waals surface area contributed by atoms with Gasteiger partial charge in [-0.1, -0.05) is 36.8 Å². The molecule has 2 heterocycles. The number of aromatic nitrogens is 5. The van der Waals surface area contributed by atoms with Crippen LogP contribution in [0.1, 0.15) is 62.7 Å². The summed E-state index contributed by atoms with van der Waals surface area (Å²) in [5, 5.41) is 13.6. The molecule has 0 aliphatic carbocycles. The summed E-state index contributed by atoms with van der Waals surface area (Å²) in [6, 6.07) is 16.0. The largest absolute Gasteiger partial charge is 0.497 e. The van der Waals surface area contributed by atoms with Gasteiger partial charge in [-0.2, -0.15) is 0 Å². The number of tetrazole rings is 1. The molecule has 0 aliphatic rings. The Kier molecular flexibility index (Phi) is 7.03. The predicted molar refractivity (Wildman–Crippen MR) is 137 cm³/mol. The van der Waals surface area contributed by atoms with Gasteiger partial charge >= 0.3 is 0 Å². The van der Waals surface area contributed by atoms with Crippen LogP contribution in [0.15, 0.2) is 53.3 Å². The lowest BCUT2D eigenvalue weighted by Crippen LogP contribution is -2.35. The van der Waals surface area contributed by atoms with Crippen molar-refractivity contribution in [3.05, 3.63) is 81.4 Å². The van der Waals surface area contributed by atoms with Gasteiger partial charge in [-0.15, -0.1) is 5.10 Å². The van der Waals surface area contributed by atoms with E-state index in [1.165, 1.54) is 11.1 Å². The van der Waals surface area contributed by atoms with Crippen LogP contribution in [-0.4, -0.2) is 37.2 Å². The van der Waals surface area contributed by atoms with Crippen molar-refractivity contribution in [3.63, 3.8) is 0 Å². The molecule has 0 unspecified atom stereocenters. The molecule has 2 aromatic carbocycles. The number of hydrogen-bond donors (Lipinski definition) is 1. The third-order valence-corrected chi connectivity index (χ3v) is 6.26. The predicted octanol–water partition coefficient (Wildman–Crippen LogP) is 4.74. The molecular formula is C27H34N6O2. The van der Waals surface area contributed by atoms with Gasteiger partial charge in [0.15, 0.2) is 5.82 Å². The normalized spacial score (nSPS) is 12.9. The highest BCUT2D eigenvalue weighted by molar-refractivity contribution is 5.80. The second-order valence-electron chi connectivity index (χ2n) is 10.0. The van der Waals surface area contributed by atoms with Crippen molar-refractivity contribution < 1.29 is 4.74 Å². The van der Waals surface area contributed by atoms with Crippen molar-refractivity contribution in [2.75, 3.05) is 7.11 Å². The zero-order valence-electron chi connectivity index (χ0n) is 21.4. The van der Waals surface area contributed by atoms with Crippen molar-refractivity contribution in [1.29, 1.82) is 0 Å². The zero-order valence-corrected chi connectivity index (χ0v) is 21.4. The van der Waals surface area contributed by atoms with Crippen molar-refractivity contribution >= 4 is 10.9 Å². The lowest BCUT2D eigenvalue weighted by Gasteiger charge is -2.32. The molecule has 8 nitrogen and oxygen atoms in total. The first-order chi connectivity index (χ1) is 16.7. The molecule has 0 saturated carbocycles. The summed E-state index contributed by atoms with van der Waals surface area (Å²) in [6.45, 7) is 11.6. The van der Waals surface area contributed by atoms with Crippen LogP contribution < -0.4 is 10.3 Å². The lowest BCUT2D eigenvalue weighted by atomic mass is 10.0. The number of benzene rings is 2. The molecule has 1 atom stereocenters. The van der Waals surface area contributed by atoms with E-state index < -0.39 is 0 Å². The minimum absolute atomic E-state index is 0.0778. The lowest BCUT2D eigenvalue weighted by molar-refractivity contribution is 0.153. The number of pyridine rings is 1. The number of rotatable bonds is 8. The Hall–Kier alpha value is -3.52. The molecule has 184 valence electrons. The van der Waals surface area contributed by atoms with Gasteiger partial charge in [0.25, 0.3) is 5.56 Å². The number of aryl methyl sites for hydroxylation is 1. The summed E-state index contributed by atoms with van der Waals surface area (Å²) in [5.41, 5.74) is 3.49. The highest BCUT2D eigenvalue weighted by Gasteiger charge is 2.29. The first-order valence-corrected chi connectivity index (χ1v) is 12.0. The summed E-state index contributed by atoms with van der Waals surface area (Å²) in [6.07, 6.45) is 0.793. The van der Waals surface area contributed by atoms with Gasteiger partial charge in [0, 0.05) is 29.6 Å². The van der Waals surface area contributed by atoms with Gasteiger partial charge < -0.3 is 9.72 Å². The van der Waals surface area contributed by atoms with Crippen LogP contribution in [0, 0.1) is 6.92 Å². The zero-order chi connectivity index (χ0) is 25.2. The third-order valence-electron chi connectivity index (χ3n) is 6.26. The van der Waals surface area contributed by atoms with Gasteiger partial charge in [0.05, 0.1) is 18.7 Å². The summed E-state index contributed by atoms with van der Waals surface area (Å²) >= 11 is 0. The molecule has 0 aliphatic heterocycles. The van der Waals surface area contributed by atoms with Crippen molar-refractivity contribution in [1.82, 2.24) is 30.1 Å². The molecule has 35 heavy (non-hydrogen) atoms. The molecule has 4 aromatic rings. The SMILES string of the molecule is CC[C@H](c1nnnn1C(C)(C)C)N(Cc1ccc(C)cc1)Cc1cc2cc(OC)ccc2[nH]c1=O. The van der Waals surface area contributed by atoms with Crippen molar-refractivity contribution in [3.8, 4) is 5.75 Å². The van der Waals surface area contributed by atoms with Crippen LogP contribution >= 0.6 is 0 Å². The molecule has 0 fully saturated rings. The van der Waals surface area contributed by atoms with E-state index in [1.807, 2.05) is 28.9 Å². The highest BCUT2D eigenvalue weighted by atomic mass is 16.5. The van der Waals surface area contributed by atoms with E-state index in [-0.39, 0.29) is 17.1 Å². The van der Waals surface area contributed by atoms with E-state index >= 15 is 0 Å². The van der Waals surface area contributed by atoms with E-state index in [9.17, 15) is 4.79 Å². The van der Waals surface area contributed by atoms with Crippen LogP contribution in [-0.2, 0) is 18.6 Å². The Morgan fingerprint density at radius 3 is 2.49 bits per heavy atom. The number of aromatic amines is 1. The number of fused-ring (bicyclic) bond motifs is 1. The monoisotopic (exact) mass is 474 g/mol. The van der Waals surface area contributed by atoms with Gasteiger partial charge in [0.2, 0.25) is 0 Å². The Labute approximate surface area is 205 Å². The van der Waals surface area contributed by atoms with Crippen LogP contribution in [0.25, 0.3) is 10.9 Å². The third kappa shape index (κ3) is 5.43. The number of H-pyrrole nitrogens is 1. The smallest absolute Gasteiger partial charge is 0.252 e. The molecule has 2 aromatic heterocycles. The van der Waals surface area contributed by atoms with Gasteiger partial charge in [0.1, 0.15) is 5.75 Å². The fraction of sp³-hybridized carbons (Fsp3) is 0.407. The minimum atomic E-state index is -0.265. The molecule has 8 heteroatoms. The van der Waals surface area contributed by atoms with E-state index in [1.54, 1.807) is 7.11 Å². The van der Waals surface area contributed by atoms with E-state index in [0.29, 0.717) is 18.7 Å². The van der Waals surface area contributed by atoms with Crippen LogP contribution in [0.3, 0.4) is 0 Å². The highest BCUT2D eigenvalue weighted by Crippen LogP contribution is 2.29. The molecule has 0 spiro atoms. The summed E-state index contributed by atoms with van der Waals surface area (Å²) in [7, 11) is 1.64. The standard InChI is InChI=1S/C27H34N6O2/c1-7-24(25-29-30-31-33(25)27(3,4)5)32(16-19-10-8-18(2)9-11-19)17-21-14-20-15-22(35-6)12-13-23(20)28-26(21)34/h8-15,24H,7,16-17H2,1-6H3,(H,28,34)/t24-/m1/s1. The van der Waals surface area contributed by atoms with E-state index in [2.05, 4.69) is 84.3 Å². The Balaban J connectivity index is 1.77. The number of hydrogen-bond acceptors (Lipinski definition) is 6. The van der Waals surface area contributed by atoms with Crippen LogP contribution in [0.2, 0.25) is 0 Å². The fourth-order valence-corrected chi connectivity index (χ4v) is 4.38. The second-order valence-corrected chi connectivity index (χ2v) is 10.0. The van der Waals surface area contributed by atoms with Crippen molar-refractivity contribution in [2.45, 2.75) is 65.7 Å². The first-order valence-electron chi connectivity index (χ1n) is 12.0. The quantitative estimate of drug-likeness (QED) is 0.397. The molecule has 4 rings (SSSR count). The Bertz CT molecular complexity index is 1350. The number of nitrogens with zero attached hydrogens (tertiary/aromatic N) is 5. The Morgan fingerprint density at radius 2 is 1.83 bits per heavy atom. The number of nitrogens with one attached hydrogen (secondary N) is 1. The van der Waals surface area contributed by atoms with Crippen LogP contribution in [0.5, 0.6) is 5.75 Å². The van der Waals surface area contributed by atoms with Gasteiger partial charge in [-0.3, -0.25) is 9.69 Å². The van der Waals surface area contributed by atoms with Crippen molar-refractivity contribution in [2.24, 2.45) is 0 Å². The van der Waals surface area contributed by atoms with Crippen LogP contribution in [0.4, 0.5) is 0 Å². The van der Waals surface area contributed by atoms with E-state index in [0.717, 1.165) is 28.9 Å². The van der Waals surface area contributed by atoms with Gasteiger partial charge in [-0.05, 0) is 74.4 Å². The molecule has 0 bridgehead atoms. The number of ether oxygens (including phenoxy) is 1. The Morgan fingerprint density at radius 1 is 1.09 bits per heavy atom. The molecule has 0 radical (unpaired) electrons. The second kappa shape index (κ2) is 10.00. The molecular weight excluding hydrogens is 440 g/mol. The topological polar surface area (TPSA) is 88.9 Å². The maximum Gasteiger partial charge on any atom is 0.252 e. The first kappa shape index (κ1) is 24.6. The summed E-state index contributed by atoms with van der Waals surface area (Å²) in [4.78, 5) is 18.4. The van der Waals surface area contributed by atoms with E-state index in [4.69, 9.17) is 4.74 Å². The maximum atomic E-state index is 13.1. The molecule has 0 saturated heterocycles. The molecule has 0 amide bonds. The fourth-order valence-electron chi connectivity index (χ4n) is 4.38. The average molecular weight is 475 g/mol. The molecule has 1 N–H and O–H groups in total. The number of methoxy groups -OCH3 is 1. The van der Waals surface area contributed by atoms with Gasteiger partial charge in [-0.25, -0.2) is 4.68 Å². The minimum Gasteiger partial charge on any atom is -0.497 e. The summed E-state index contributed by atoms with van der Waals surface area (Å²) in [5.74, 6) is 1.55. The average Bonchev–Trinajstić information content (AvgIpc) is 3.31. The maximum absolute atomic E-state index is 13.1. The summed E-state index contributed by atoms with van der Waals surface area (Å²) < 4.78 is 7.27.